The predicted octanol–water partition coefficient (Wildman–Crippen LogP) is 4.50. The van der Waals surface area contributed by atoms with E-state index in [1.54, 1.807) is 0 Å². The van der Waals surface area contributed by atoms with Crippen LogP contribution in [-0.4, -0.2) is 19.1 Å². The second-order valence-corrected chi connectivity index (χ2v) is 7.23. The lowest BCUT2D eigenvalue weighted by Crippen LogP contribution is -2.27. The second kappa shape index (κ2) is 8.75. The van der Waals surface area contributed by atoms with E-state index in [1.165, 1.54) is 16.7 Å². The zero-order valence-electron chi connectivity index (χ0n) is 15.9. The monoisotopic (exact) mass is 371 g/mol. The van der Waals surface area contributed by atoms with E-state index < -0.39 is 0 Å². The highest BCUT2D eigenvalue weighted by molar-refractivity contribution is 5.78. The highest BCUT2D eigenvalue weighted by Gasteiger charge is 2.15. The molecule has 0 fully saturated rings. The van der Waals surface area contributed by atoms with Crippen molar-refractivity contribution in [3.8, 4) is 5.75 Å². The summed E-state index contributed by atoms with van der Waals surface area (Å²) in [6.45, 7) is 1.40. The fourth-order valence-electron chi connectivity index (χ4n) is 3.85. The van der Waals surface area contributed by atoms with E-state index in [0.29, 0.717) is 13.0 Å². The molecule has 0 radical (unpaired) electrons. The molecule has 3 heteroatoms. The Morgan fingerprint density at radius 1 is 0.929 bits per heavy atom. The molecule has 4 rings (SSSR count). The maximum absolute atomic E-state index is 12.4. The molecule has 0 aromatic heterocycles. The molecule has 0 saturated carbocycles. The van der Waals surface area contributed by atoms with Crippen molar-refractivity contribution in [2.24, 2.45) is 0 Å². The summed E-state index contributed by atoms with van der Waals surface area (Å²) in [6.07, 6.45) is 2.22. The quantitative estimate of drug-likeness (QED) is 0.664. The fraction of sp³-hybridized carbons (Fsp3) is 0.240. The number of carbonyl (C=O) groups excluding carboxylic acids is 1. The summed E-state index contributed by atoms with van der Waals surface area (Å²) >= 11 is 0. The van der Waals surface area contributed by atoms with Gasteiger partial charge in [0.2, 0.25) is 5.91 Å². The molecule has 1 aliphatic rings. The molecule has 0 unspecified atom stereocenters. The number of benzene rings is 3. The van der Waals surface area contributed by atoms with E-state index >= 15 is 0 Å². The molecule has 1 heterocycles. The van der Waals surface area contributed by atoms with Crippen LogP contribution in [0.1, 0.15) is 34.6 Å². The normalized spacial score (nSPS) is 12.5. The van der Waals surface area contributed by atoms with E-state index in [9.17, 15) is 4.79 Å². The van der Waals surface area contributed by atoms with Gasteiger partial charge in [0.05, 0.1) is 13.0 Å². The second-order valence-electron chi connectivity index (χ2n) is 7.23. The Labute approximate surface area is 166 Å². The summed E-state index contributed by atoms with van der Waals surface area (Å²) in [4.78, 5) is 12.4. The largest absolute Gasteiger partial charge is 0.493 e. The third-order valence-corrected chi connectivity index (χ3v) is 5.28. The van der Waals surface area contributed by atoms with Gasteiger partial charge in [0.15, 0.2) is 0 Å². The first kappa shape index (κ1) is 18.3. The highest BCUT2D eigenvalue weighted by Crippen LogP contribution is 2.28. The van der Waals surface area contributed by atoms with E-state index in [-0.39, 0.29) is 11.8 Å². The zero-order chi connectivity index (χ0) is 19.2. The van der Waals surface area contributed by atoms with Crippen LogP contribution in [0.3, 0.4) is 0 Å². The Kier molecular flexibility index (Phi) is 5.72. The van der Waals surface area contributed by atoms with Crippen molar-refractivity contribution in [2.45, 2.75) is 25.2 Å². The van der Waals surface area contributed by atoms with Gasteiger partial charge in [-0.3, -0.25) is 4.79 Å². The lowest BCUT2D eigenvalue weighted by molar-refractivity contribution is -0.120. The van der Waals surface area contributed by atoms with Crippen LogP contribution in [0, 0.1) is 0 Å². The van der Waals surface area contributed by atoms with Crippen LogP contribution in [0.5, 0.6) is 5.75 Å². The van der Waals surface area contributed by atoms with Crippen LogP contribution in [0.15, 0.2) is 78.9 Å². The average molecular weight is 371 g/mol. The van der Waals surface area contributed by atoms with Crippen LogP contribution in [0.25, 0.3) is 0 Å². The Morgan fingerprint density at radius 3 is 2.29 bits per heavy atom. The molecule has 3 nitrogen and oxygen atoms in total. The molecule has 3 aromatic rings. The summed E-state index contributed by atoms with van der Waals surface area (Å²) in [5.74, 6) is 1.30. The number of carbonyl (C=O) groups is 1. The van der Waals surface area contributed by atoms with Crippen LogP contribution >= 0.6 is 0 Å². The molecule has 1 N–H and O–H groups in total. The summed E-state index contributed by atoms with van der Waals surface area (Å²) in [5, 5.41) is 3.10. The molecule has 0 saturated heterocycles. The summed E-state index contributed by atoms with van der Waals surface area (Å²) < 4.78 is 5.53. The lowest BCUT2D eigenvalue weighted by Gasteiger charge is -2.18. The van der Waals surface area contributed by atoms with Gasteiger partial charge in [-0.2, -0.15) is 0 Å². The van der Waals surface area contributed by atoms with E-state index in [2.05, 4.69) is 59.9 Å². The van der Waals surface area contributed by atoms with Crippen molar-refractivity contribution in [3.05, 3.63) is 101 Å². The van der Waals surface area contributed by atoms with Gasteiger partial charge in [0.1, 0.15) is 5.75 Å². The highest BCUT2D eigenvalue weighted by atomic mass is 16.5. The summed E-state index contributed by atoms with van der Waals surface area (Å²) in [7, 11) is 0. The van der Waals surface area contributed by atoms with Crippen molar-refractivity contribution in [2.75, 3.05) is 13.2 Å². The first-order chi connectivity index (χ1) is 13.8. The van der Waals surface area contributed by atoms with Gasteiger partial charge in [-0.05, 0) is 34.7 Å². The molecule has 1 aliphatic heterocycles. The molecule has 0 atom stereocenters. The molecule has 0 spiro atoms. The molecule has 28 heavy (non-hydrogen) atoms. The number of rotatable bonds is 7. The van der Waals surface area contributed by atoms with Crippen LogP contribution in [0.2, 0.25) is 0 Å². The van der Waals surface area contributed by atoms with Gasteiger partial charge in [-0.1, -0.05) is 72.8 Å². The first-order valence-electron chi connectivity index (χ1n) is 9.91. The van der Waals surface area contributed by atoms with Crippen molar-refractivity contribution in [1.29, 1.82) is 0 Å². The molecular weight excluding hydrogens is 346 g/mol. The van der Waals surface area contributed by atoms with Gasteiger partial charge in [0, 0.05) is 18.9 Å². The average Bonchev–Trinajstić information content (AvgIpc) is 3.20. The number of amides is 1. The first-order valence-corrected chi connectivity index (χ1v) is 9.91. The number of fused-ring (bicyclic) bond motifs is 1. The predicted molar refractivity (Wildman–Crippen MR) is 112 cm³/mol. The number of nitrogens with one attached hydrogen (secondary N) is 1. The zero-order valence-corrected chi connectivity index (χ0v) is 15.9. The molecule has 142 valence electrons. The van der Waals surface area contributed by atoms with Crippen LogP contribution < -0.4 is 10.1 Å². The van der Waals surface area contributed by atoms with Gasteiger partial charge in [-0.15, -0.1) is 0 Å². The summed E-state index contributed by atoms with van der Waals surface area (Å²) in [6, 6.07) is 27.1. The van der Waals surface area contributed by atoms with Crippen molar-refractivity contribution < 1.29 is 9.53 Å². The van der Waals surface area contributed by atoms with Crippen molar-refractivity contribution in [1.82, 2.24) is 5.32 Å². The van der Waals surface area contributed by atoms with Gasteiger partial charge >= 0.3 is 0 Å². The molecule has 0 bridgehead atoms. The third-order valence-electron chi connectivity index (χ3n) is 5.28. The van der Waals surface area contributed by atoms with Gasteiger partial charge in [-0.25, -0.2) is 0 Å². The Balaban J connectivity index is 1.36. The molecular formula is C25H25NO2. The third kappa shape index (κ3) is 4.42. The van der Waals surface area contributed by atoms with Gasteiger partial charge in [0.25, 0.3) is 0 Å². The minimum atomic E-state index is 0.0683. The fourth-order valence-corrected chi connectivity index (χ4v) is 3.85. The van der Waals surface area contributed by atoms with E-state index in [4.69, 9.17) is 4.74 Å². The van der Waals surface area contributed by atoms with Crippen molar-refractivity contribution >= 4 is 5.91 Å². The standard InChI is InChI=1S/C25H25NO2/c27-25(18-19-11-12-24-22(17-19)14-16-28-24)26-15-13-23(20-7-3-1-4-8-20)21-9-5-2-6-10-21/h1-12,17,23H,13-16,18H2,(H,26,27). The van der Waals surface area contributed by atoms with E-state index in [0.717, 1.165) is 30.8 Å². The maximum Gasteiger partial charge on any atom is 0.224 e. The van der Waals surface area contributed by atoms with Crippen molar-refractivity contribution in [3.63, 3.8) is 0 Å². The Hall–Kier alpha value is -3.07. The number of hydrogen-bond donors (Lipinski definition) is 1. The smallest absolute Gasteiger partial charge is 0.224 e. The SMILES string of the molecule is O=C(Cc1ccc2c(c1)CCO2)NCCC(c1ccccc1)c1ccccc1. The molecule has 0 aliphatic carbocycles. The topological polar surface area (TPSA) is 38.3 Å². The van der Waals surface area contributed by atoms with Crippen LogP contribution in [-0.2, 0) is 17.6 Å². The Bertz CT molecular complexity index is 882. The van der Waals surface area contributed by atoms with Gasteiger partial charge < -0.3 is 10.1 Å². The Morgan fingerprint density at radius 2 is 1.61 bits per heavy atom. The minimum absolute atomic E-state index is 0.0683. The number of ether oxygens (including phenoxy) is 1. The number of hydrogen-bond acceptors (Lipinski definition) is 2. The lowest BCUT2D eigenvalue weighted by atomic mass is 9.88. The van der Waals surface area contributed by atoms with Crippen LogP contribution in [0.4, 0.5) is 0 Å². The van der Waals surface area contributed by atoms with E-state index in [1.807, 2.05) is 24.3 Å². The maximum atomic E-state index is 12.4. The molecule has 3 aromatic carbocycles. The summed E-state index contributed by atoms with van der Waals surface area (Å²) in [5.41, 5.74) is 4.81. The molecule has 1 amide bonds. The minimum Gasteiger partial charge on any atom is -0.493 e.